The second-order valence-corrected chi connectivity index (χ2v) is 14.1. The molecule has 0 heterocycles. The predicted molar refractivity (Wildman–Crippen MR) is 157 cm³/mol. The number of alkyl halides is 3. The van der Waals surface area contributed by atoms with Gasteiger partial charge in [-0.05, 0) is 149 Å². The molecule has 5 rings (SSSR count). The smallest absolute Gasteiger partial charge is 0.212 e. The van der Waals surface area contributed by atoms with E-state index in [4.69, 9.17) is 0 Å². The van der Waals surface area contributed by atoms with Gasteiger partial charge in [-0.25, -0.2) is 8.78 Å². The van der Waals surface area contributed by atoms with Crippen molar-refractivity contribution >= 4 is 0 Å². The Bertz CT molecular complexity index is 1020. The van der Waals surface area contributed by atoms with E-state index in [9.17, 15) is 17.6 Å². The Hall–Kier alpha value is -1.65. The van der Waals surface area contributed by atoms with Crippen LogP contribution in [0.3, 0.4) is 0 Å². The van der Waals surface area contributed by atoms with Crippen molar-refractivity contribution < 1.29 is 22.0 Å². The standard InChI is InChI=1S/C36H49F5/c1-24-2-10-29(11-3-24)32-20-21-33(34(37)22-32)30-14-8-26(9-15-30)5-4-25-6-12-27(13-7-25)28-16-18-31(19-17-28)35(38)23-36(39,40)41/h4-5,20-31H,2-3,6-19H2,1H3/b5-4+,35-23-. The van der Waals surface area contributed by atoms with Crippen molar-refractivity contribution in [3.63, 3.8) is 0 Å². The summed E-state index contributed by atoms with van der Waals surface area (Å²) in [4.78, 5) is 0. The Labute approximate surface area is 244 Å². The fraction of sp³-hybridized carbons (Fsp3) is 0.722. The Morgan fingerprint density at radius 3 is 1.73 bits per heavy atom. The summed E-state index contributed by atoms with van der Waals surface area (Å²) in [6.07, 6.45) is 16.9. The Balaban J connectivity index is 1.02. The van der Waals surface area contributed by atoms with Gasteiger partial charge in [0, 0.05) is 5.92 Å². The van der Waals surface area contributed by atoms with E-state index in [-0.39, 0.29) is 11.9 Å². The van der Waals surface area contributed by atoms with Crippen LogP contribution in [-0.2, 0) is 0 Å². The molecule has 0 N–H and O–H groups in total. The van der Waals surface area contributed by atoms with E-state index in [2.05, 4.69) is 31.2 Å². The molecule has 4 saturated carbocycles. The lowest BCUT2D eigenvalue weighted by Gasteiger charge is -2.37. The highest BCUT2D eigenvalue weighted by Crippen LogP contribution is 2.45. The van der Waals surface area contributed by atoms with Crippen molar-refractivity contribution in [2.45, 2.75) is 128 Å². The summed E-state index contributed by atoms with van der Waals surface area (Å²) in [6, 6.07) is 6.13. The van der Waals surface area contributed by atoms with Gasteiger partial charge in [0.1, 0.15) is 11.6 Å². The van der Waals surface area contributed by atoms with Crippen LogP contribution in [-0.4, -0.2) is 6.18 Å². The molecule has 0 nitrogen and oxygen atoms in total. The van der Waals surface area contributed by atoms with Crippen LogP contribution in [0.2, 0.25) is 0 Å². The molecule has 4 fully saturated rings. The number of hydrogen-bond donors (Lipinski definition) is 0. The monoisotopic (exact) mass is 576 g/mol. The third-order valence-corrected chi connectivity index (χ3v) is 11.3. The lowest BCUT2D eigenvalue weighted by Crippen LogP contribution is -2.26. The molecule has 4 aliphatic rings. The second kappa shape index (κ2) is 13.8. The van der Waals surface area contributed by atoms with E-state index in [1.807, 2.05) is 6.07 Å². The molecular weight excluding hydrogens is 527 g/mol. The molecule has 0 saturated heterocycles. The van der Waals surface area contributed by atoms with E-state index in [1.165, 1.54) is 56.9 Å². The zero-order valence-corrected chi connectivity index (χ0v) is 24.8. The quantitative estimate of drug-likeness (QED) is 0.233. The van der Waals surface area contributed by atoms with Crippen molar-refractivity contribution in [2.24, 2.45) is 35.5 Å². The lowest BCUT2D eigenvalue weighted by atomic mass is 9.69. The van der Waals surface area contributed by atoms with Crippen molar-refractivity contribution in [2.75, 3.05) is 0 Å². The lowest BCUT2D eigenvalue weighted by molar-refractivity contribution is -0.0821. The molecule has 0 aliphatic heterocycles. The maximum atomic E-state index is 15.2. The molecule has 0 atom stereocenters. The molecule has 0 amide bonds. The fourth-order valence-corrected chi connectivity index (χ4v) is 8.61. The van der Waals surface area contributed by atoms with Crippen molar-refractivity contribution in [1.29, 1.82) is 0 Å². The molecule has 4 aliphatic carbocycles. The minimum absolute atomic E-state index is 0.00765. The molecule has 0 radical (unpaired) electrons. The summed E-state index contributed by atoms with van der Waals surface area (Å²) in [5.41, 5.74) is 2.12. The van der Waals surface area contributed by atoms with E-state index in [1.54, 1.807) is 0 Å². The summed E-state index contributed by atoms with van der Waals surface area (Å²) >= 11 is 0. The maximum absolute atomic E-state index is 15.2. The number of halogens is 5. The molecule has 41 heavy (non-hydrogen) atoms. The van der Waals surface area contributed by atoms with E-state index in [0.29, 0.717) is 48.3 Å². The van der Waals surface area contributed by atoms with Gasteiger partial charge in [-0.15, -0.1) is 0 Å². The Morgan fingerprint density at radius 1 is 0.683 bits per heavy atom. The topological polar surface area (TPSA) is 0 Å². The first-order chi connectivity index (χ1) is 19.6. The number of hydrogen-bond acceptors (Lipinski definition) is 0. The third kappa shape index (κ3) is 8.47. The van der Waals surface area contributed by atoms with Crippen LogP contribution in [0.15, 0.2) is 42.3 Å². The van der Waals surface area contributed by atoms with Crippen LogP contribution in [0.5, 0.6) is 0 Å². The highest BCUT2D eigenvalue weighted by molar-refractivity contribution is 5.30. The third-order valence-electron chi connectivity index (χ3n) is 11.3. The first-order valence-corrected chi connectivity index (χ1v) is 16.6. The summed E-state index contributed by atoms with van der Waals surface area (Å²) in [7, 11) is 0. The Morgan fingerprint density at radius 2 is 1.20 bits per heavy atom. The average Bonchev–Trinajstić information content (AvgIpc) is 2.96. The first kappa shape index (κ1) is 30.8. The largest absolute Gasteiger partial charge is 0.412 e. The van der Waals surface area contributed by atoms with E-state index >= 15 is 4.39 Å². The van der Waals surface area contributed by atoms with Crippen LogP contribution < -0.4 is 0 Å². The minimum Gasteiger partial charge on any atom is -0.212 e. The van der Waals surface area contributed by atoms with Gasteiger partial charge in [0.25, 0.3) is 0 Å². The zero-order chi connectivity index (χ0) is 29.0. The summed E-state index contributed by atoms with van der Waals surface area (Å²) < 4.78 is 66.6. The fourth-order valence-electron chi connectivity index (χ4n) is 8.61. The van der Waals surface area contributed by atoms with Crippen molar-refractivity contribution in [1.82, 2.24) is 0 Å². The maximum Gasteiger partial charge on any atom is 0.412 e. The molecule has 0 unspecified atom stereocenters. The van der Waals surface area contributed by atoms with Gasteiger partial charge in [0.15, 0.2) is 0 Å². The zero-order valence-electron chi connectivity index (χ0n) is 24.8. The highest BCUT2D eigenvalue weighted by atomic mass is 19.4. The molecule has 1 aromatic carbocycles. The summed E-state index contributed by atoms with van der Waals surface area (Å²) in [5.74, 6) is 2.51. The molecule has 1 aromatic rings. The number of allylic oxidation sites excluding steroid dienone is 4. The van der Waals surface area contributed by atoms with Crippen LogP contribution in [0.4, 0.5) is 22.0 Å². The highest BCUT2D eigenvalue weighted by Gasteiger charge is 2.34. The van der Waals surface area contributed by atoms with Gasteiger partial charge >= 0.3 is 6.18 Å². The molecule has 0 spiro atoms. The van der Waals surface area contributed by atoms with Gasteiger partial charge in [0.2, 0.25) is 0 Å². The molecule has 0 aromatic heterocycles. The van der Waals surface area contributed by atoms with E-state index < -0.39 is 17.9 Å². The second-order valence-electron chi connectivity index (χ2n) is 14.1. The molecular formula is C36H49F5. The van der Waals surface area contributed by atoms with Crippen LogP contribution in [0, 0.1) is 41.3 Å². The summed E-state index contributed by atoms with van der Waals surface area (Å²) in [6.45, 7) is 2.32. The number of rotatable bonds is 6. The van der Waals surface area contributed by atoms with Crippen LogP contribution >= 0.6 is 0 Å². The van der Waals surface area contributed by atoms with E-state index in [0.717, 1.165) is 50.0 Å². The van der Waals surface area contributed by atoms with Crippen LogP contribution in [0.25, 0.3) is 0 Å². The molecule has 5 heteroatoms. The van der Waals surface area contributed by atoms with Gasteiger partial charge in [0.05, 0.1) is 6.08 Å². The average molecular weight is 577 g/mol. The first-order valence-electron chi connectivity index (χ1n) is 16.6. The van der Waals surface area contributed by atoms with Gasteiger partial charge in [-0.2, -0.15) is 13.2 Å². The van der Waals surface area contributed by atoms with Crippen molar-refractivity contribution in [3.8, 4) is 0 Å². The Kier molecular flexibility index (Phi) is 10.3. The predicted octanol–water partition coefficient (Wildman–Crippen LogP) is 12.0. The molecule has 228 valence electrons. The van der Waals surface area contributed by atoms with Crippen molar-refractivity contribution in [3.05, 3.63) is 59.2 Å². The molecule has 0 bridgehead atoms. The van der Waals surface area contributed by atoms with Crippen LogP contribution in [0.1, 0.15) is 133 Å². The normalized spacial score (nSPS) is 36.0. The summed E-state index contributed by atoms with van der Waals surface area (Å²) in [5, 5.41) is 0. The van der Waals surface area contributed by atoms with Gasteiger partial charge < -0.3 is 0 Å². The van der Waals surface area contributed by atoms with Gasteiger partial charge in [-0.1, -0.05) is 44.1 Å². The minimum atomic E-state index is -4.57. The SMILES string of the molecule is CC1CCC(c2ccc(C3CCC(/C=C/C4CCC(C5CCC(/C(F)=C/C(F)(F)F)CC5)CC4)CC3)c(F)c2)CC1. The van der Waals surface area contributed by atoms with Gasteiger partial charge in [-0.3, -0.25) is 0 Å². The number of benzene rings is 1.